The lowest BCUT2D eigenvalue weighted by molar-refractivity contribution is -0.150. The lowest BCUT2D eigenvalue weighted by Gasteiger charge is -2.27. The van der Waals surface area contributed by atoms with Gasteiger partial charge in [0.05, 0.1) is 12.2 Å². The molecule has 55 heavy (non-hydrogen) atoms. The Morgan fingerprint density at radius 1 is 0.455 bits per heavy atom. The van der Waals surface area contributed by atoms with E-state index in [1.165, 1.54) is 96.3 Å². The molecule has 0 fully saturated rings. The molecule has 0 rings (SSSR count). The van der Waals surface area contributed by atoms with Crippen LogP contribution in [-0.2, 0) is 19.1 Å². The Bertz CT molecular complexity index is 811. The minimum atomic E-state index is -0.518. The Labute approximate surface area is 340 Å². The number of aliphatic hydroxyl groups is 3. The molecule has 8 heteroatoms. The van der Waals surface area contributed by atoms with Gasteiger partial charge in [-0.3, -0.25) is 14.5 Å². The number of nitrogens with zero attached hydrogens (tertiary/aromatic N) is 1. The molecule has 3 unspecified atom stereocenters. The summed E-state index contributed by atoms with van der Waals surface area (Å²) in [5.74, 6) is -0.177. The summed E-state index contributed by atoms with van der Waals surface area (Å²) in [5.41, 5.74) is 0. The molecular weight excluding hydrogens is 691 g/mol. The molecule has 0 saturated heterocycles. The molecule has 3 atom stereocenters. The summed E-state index contributed by atoms with van der Waals surface area (Å²) in [6.07, 6.45) is 33.0. The summed E-state index contributed by atoms with van der Waals surface area (Å²) >= 11 is 0. The second-order valence-electron chi connectivity index (χ2n) is 16.6. The van der Waals surface area contributed by atoms with Crippen molar-refractivity contribution < 1.29 is 34.4 Å². The molecule has 0 aliphatic rings. The Morgan fingerprint density at radius 3 is 1.20 bits per heavy atom. The Balaban J connectivity index is 4.36. The average molecular weight is 784 g/mol. The van der Waals surface area contributed by atoms with Crippen molar-refractivity contribution >= 4 is 11.9 Å². The number of unbranched alkanes of at least 4 members (excludes halogenated alkanes) is 19. The molecule has 0 amide bonds. The van der Waals surface area contributed by atoms with Crippen molar-refractivity contribution in [1.29, 1.82) is 0 Å². The highest BCUT2D eigenvalue weighted by molar-refractivity contribution is 5.69. The molecule has 328 valence electrons. The fraction of sp³-hybridized carbons (Fsp3) is 0.957. The van der Waals surface area contributed by atoms with Crippen LogP contribution in [0, 0.1) is 0 Å². The predicted molar refractivity (Wildman–Crippen MR) is 230 cm³/mol. The van der Waals surface area contributed by atoms with Crippen molar-refractivity contribution in [3.05, 3.63) is 0 Å². The molecule has 0 aromatic carbocycles. The maximum absolute atomic E-state index is 12.8. The quantitative estimate of drug-likeness (QED) is 0.0413. The lowest BCUT2D eigenvalue weighted by atomic mass is 10.0. The van der Waals surface area contributed by atoms with Crippen LogP contribution in [-0.4, -0.2) is 82.8 Å². The first-order valence-corrected chi connectivity index (χ1v) is 23.9. The van der Waals surface area contributed by atoms with Gasteiger partial charge in [-0.15, -0.1) is 0 Å². The van der Waals surface area contributed by atoms with Crippen LogP contribution in [0.5, 0.6) is 0 Å². The minimum absolute atomic E-state index is 0.0291. The highest BCUT2D eigenvalue weighted by Gasteiger charge is 2.18. The minimum Gasteiger partial charge on any atom is -0.462 e. The van der Waals surface area contributed by atoms with Gasteiger partial charge in [-0.25, -0.2) is 0 Å². The zero-order valence-electron chi connectivity index (χ0n) is 36.9. The first kappa shape index (κ1) is 53.8. The summed E-state index contributed by atoms with van der Waals surface area (Å²) in [4.78, 5) is 27.2. The lowest BCUT2D eigenvalue weighted by Crippen LogP contribution is -2.39. The Morgan fingerprint density at radius 2 is 0.800 bits per heavy atom. The maximum Gasteiger partial charge on any atom is 0.306 e. The zero-order chi connectivity index (χ0) is 40.6. The van der Waals surface area contributed by atoms with Crippen LogP contribution < -0.4 is 0 Å². The molecule has 0 aliphatic heterocycles. The fourth-order valence-electron chi connectivity index (χ4n) is 7.54. The second kappa shape index (κ2) is 41.0. The molecule has 8 nitrogen and oxygen atoms in total. The first-order valence-electron chi connectivity index (χ1n) is 23.9. The first-order chi connectivity index (χ1) is 26.8. The predicted octanol–water partition coefficient (Wildman–Crippen LogP) is 11.8. The van der Waals surface area contributed by atoms with Crippen molar-refractivity contribution in [2.75, 3.05) is 26.2 Å². The number of hydrogen-bond acceptors (Lipinski definition) is 8. The molecule has 0 bridgehead atoms. The van der Waals surface area contributed by atoms with Crippen LogP contribution in [0.15, 0.2) is 0 Å². The van der Waals surface area contributed by atoms with Crippen molar-refractivity contribution in [1.82, 2.24) is 4.90 Å². The second-order valence-corrected chi connectivity index (χ2v) is 16.6. The van der Waals surface area contributed by atoms with Gasteiger partial charge >= 0.3 is 11.9 Å². The van der Waals surface area contributed by atoms with Crippen LogP contribution in [0.4, 0.5) is 0 Å². The van der Waals surface area contributed by atoms with E-state index in [-0.39, 0.29) is 30.8 Å². The van der Waals surface area contributed by atoms with E-state index in [0.717, 1.165) is 83.5 Å². The van der Waals surface area contributed by atoms with Gasteiger partial charge in [-0.05, 0) is 77.0 Å². The fourth-order valence-corrected chi connectivity index (χ4v) is 7.54. The monoisotopic (exact) mass is 784 g/mol. The standard InChI is InChI=1S/C47H93NO7/c1-5-9-12-15-18-25-33-44(8-4)54-46(52)36-28-21-23-31-42(50)40-48(38-30-39-49)41-43(51)32-24-22-29-37-47(53)55-45(34-26-19-16-13-10-6-2)35-27-20-17-14-11-7-3/h42-45,49-51H,5-41H2,1-4H3. The average Bonchev–Trinajstić information content (AvgIpc) is 3.16. The van der Waals surface area contributed by atoms with Crippen LogP contribution in [0.25, 0.3) is 0 Å². The zero-order valence-corrected chi connectivity index (χ0v) is 36.9. The molecule has 0 aliphatic carbocycles. The summed E-state index contributed by atoms with van der Waals surface area (Å²) in [6.45, 7) is 10.4. The van der Waals surface area contributed by atoms with E-state index in [1.807, 2.05) is 0 Å². The van der Waals surface area contributed by atoms with Gasteiger partial charge in [0.1, 0.15) is 12.2 Å². The van der Waals surface area contributed by atoms with Gasteiger partial charge in [-0.2, -0.15) is 0 Å². The van der Waals surface area contributed by atoms with Crippen molar-refractivity contribution in [2.24, 2.45) is 0 Å². The van der Waals surface area contributed by atoms with E-state index in [4.69, 9.17) is 9.47 Å². The molecule has 0 heterocycles. The molecule has 3 N–H and O–H groups in total. The van der Waals surface area contributed by atoms with Crippen LogP contribution in [0.3, 0.4) is 0 Å². The summed E-state index contributed by atoms with van der Waals surface area (Å²) in [6, 6.07) is 0. The summed E-state index contributed by atoms with van der Waals surface area (Å²) in [7, 11) is 0. The number of aliphatic hydroxyl groups excluding tert-OH is 3. The van der Waals surface area contributed by atoms with Gasteiger partial charge in [0.2, 0.25) is 0 Å². The topological polar surface area (TPSA) is 117 Å². The number of rotatable bonds is 43. The number of esters is 2. The smallest absolute Gasteiger partial charge is 0.306 e. The van der Waals surface area contributed by atoms with Gasteiger partial charge in [0, 0.05) is 39.1 Å². The summed E-state index contributed by atoms with van der Waals surface area (Å²) in [5, 5.41) is 31.0. The number of carbonyl (C=O) groups is 2. The molecule has 0 saturated carbocycles. The van der Waals surface area contributed by atoms with E-state index in [2.05, 4.69) is 32.6 Å². The SMILES string of the molecule is CCCCCCCCC(CC)OC(=O)CCCCCC(O)CN(CCCO)CC(O)CCCCCC(=O)OC(CCCCCCCC)CCCCCCCC. The van der Waals surface area contributed by atoms with Crippen molar-refractivity contribution in [2.45, 2.75) is 264 Å². The molecule has 0 aromatic heterocycles. The largest absolute Gasteiger partial charge is 0.462 e. The van der Waals surface area contributed by atoms with Gasteiger partial charge < -0.3 is 24.8 Å². The van der Waals surface area contributed by atoms with E-state index < -0.39 is 12.2 Å². The number of ether oxygens (including phenoxy) is 2. The Kier molecular flexibility index (Phi) is 40.0. The van der Waals surface area contributed by atoms with E-state index in [1.54, 1.807) is 0 Å². The normalized spacial score (nSPS) is 13.4. The third-order valence-corrected chi connectivity index (χ3v) is 11.1. The highest BCUT2D eigenvalue weighted by atomic mass is 16.5. The third kappa shape index (κ3) is 36.8. The molecular formula is C47H93NO7. The maximum atomic E-state index is 12.8. The van der Waals surface area contributed by atoms with Gasteiger partial charge in [0.15, 0.2) is 0 Å². The van der Waals surface area contributed by atoms with Crippen LogP contribution >= 0.6 is 0 Å². The van der Waals surface area contributed by atoms with E-state index in [0.29, 0.717) is 51.7 Å². The number of hydrogen-bond donors (Lipinski definition) is 3. The summed E-state index contributed by atoms with van der Waals surface area (Å²) < 4.78 is 11.7. The highest BCUT2D eigenvalue weighted by Crippen LogP contribution is 2.19. The molecule has 0 radical (unpaired) electrons. The van der Waals surface area contributed by atoms with Crippen LogP contribution in [0.1, 0.15) is 240 Å². The van der Waals surface area contributed by atoms with E-state index >= 15 is 0 Å². The number of carbonyl (C=O) groups excluding carboxylic acids is 2. The van der Waals surface area contributed by atoms with E-state index in [9.17, 15) is 24.9 Å². The van der Waals surface area contributed by atoms with Crippen LogP contribution in [0.2, 0.25) is 0 Å². The van der Waals surface area contributed by atoms with Crippen molar-refractivity contribution in [3.8, 4) is 0 Å². The third-order valence-electron chi connectivity index (χ3n) is 11.1. The van der Waals surface area contributed by atoms with Gasteiger partial charge in [0.25, 0.3) is 0 Å². The van der Waals surface area contributed by atoms with Crippen molar-refractivity contribution in [3.63, 3.8) is 0 Å². The Hall–Kier alpha value is -1.22. The van der Waals surface area contributed by atoms with Gasteiger partial charge in [-0.1, -0.05) is 150 Å². The molecule has 0 aromatic rings. The molecule has 0 spiro atoms.